The van der Waals surface area contributed by atoms with Crippen LogP contribution in [0.15, 0.2) is 30.5 Å². The molecule has 1 aromatic heterocycles. The summed E-state index contributed by atoms with van der Waals surface area (Å²) in [6.07, 6.45) is 3.32. The molecule has 122 valence electrons. The van der Waals surface area contributed by atoms with E-state index in [1.807, 2.05) is 13.8 Å². The van der Waals surface area contributed by atoms with Gasteiger partial charge in [0.15, 0.2) is 5.69 Å². The predicted octanol–water partition coefficient (Wildman–Crippen LogP) is 2.09. The molecule has 7 heteroatoms. The van der Waals surface area contributed by atoms with E-state index in [-0.39, 0.29) is 29.1 Å². The van der Waals surface area contributed by atoms with Crippen molar-refractivity contribution in [3.05, 3.63) is 42.0 Å². The molecule has 2 heterocycles. The average molecular weight is 318 g/mol. The van der Waals surface area contributed by atoms with Gasteiger partial charge in [0.05, 0.1) is 23.6 Å². The van der Waals surface area contributed by atoms with Crippen molar-refractivity contribution in [2.75, 3.05) is 6.54 Å². The number of benzene rings is 1. The van der Waals surface area contributed by atoms with Gasteiger partial charge in [0.1, 0.15) is 5.82 Å². The molecule has 6 nitrogen and oxygen atoms in total. The molecule has 3 rings (SSSR count). The van der Waals surface area contributed by atoms with Gasteiger partial charge in [-0.2, -0.15) is 9.90 Å². The van der Waals surface area contributed by atoms with Crippen LogP contribution < -0.4 is 5.32 Å². The fraction of sp³-hybridized carbons (Fsp3) is 0.438. The zero-order valence-electron chi connectivity index (χ0n) is 13.1. The molecule has 23 heavy (non-hydrogen) atoms. The van der Waals surface area contributed by atoms with Crippen LogP contribution >= 0.6 is 0 Å². The van der Waals surface area contributed by atoms with E-state index in [4.69, 9.17) is 4.74 Å². The number of ether oxygens (including phenoxy) is 1. The van der Waals surface area contributed by atoms with Crippen molar-refractivity contribution in [3.63, 3.8) is 0 Å². The Labute approximate surface area is 133 Å². The van der Waals surface area contributed by atoms with Gasteiger partial charge in [-0.3, -0.25) is 4.79 Å². The molecule has 1 unspecified atom stereocenters. The zero-order valence-corrected chi connectivity index (χ0v) is 13.1. The van der Waals surface area contributed by atoms with Crippen LogP contribution in [0, 0.1) is 5.82 Å². The lowest BCUT2D eigenvalue weighted by molar-refractivity contribution is -0.0138. The lowest BCUT2D eigenvalue weighted by Crippen LogP contribution is -2.33. The largest absolute Gasteiger partial charge is 0.371 e. The number of carbonyl (C=O) groups is 1. The van der Waals surface area contributed by atoms with Crippen LogP contribution in [0.25, 0.3) is 5.69 Å². The maximum atomic E-state index is 12.9. The summed E-state index contributed by atoms with van der Waals surface area (Å²) < 4.78 is 18.7. The molecule has 1 fully saturated rings. The van der Waals surface area contributed by atoms with Gasteiger partial charge in [0, 0.05) is 6.54 Å². The van der Waals surface area contributed by atoms with Gasteiger partial charge in [-0.05, 0) is 51.0 Å². The van der Waals surface area contributed by atoms with Crippen LogP contribution in [-0.4, -0.2) is 39.2 Å². The van der Waals surface area contributed by atoms with Crippen LogP contribution in [-0.2, 0) is 4.74 Å². The van der Waals surface area contributed by atoms with E-state index in [0.29, 0.717) is 12.2 Å². The Morgan fingerprint density at radius 3 is 2.83 bits per heavy atom. The first-order valence-electron chi connectivity index (χ1n) is 7.57. The molecule has 1 amide bonds. The summed E-state index contributed by atoms with van der Waals surface area (Å²) in [7, 11) is 0. The summed E-state index contributed by atoms with van der Waals surface area (Å²) in [5.41, 5.74) is 0.680. The standard InChI is InChI=1S/C16H19FN4O2/c1-16(2)8-7-13(23-16)9-18-15(22)14-10-19-21(20-14)12-5-3-11(17)4-6-12/h3-6,10,13H,7-9H2,1-2H3,(H,18,22). The summed E-state index contributed by atoms with van der Waals surface area (Å²) in [6, 6.07) is 5.73. The molecule has 1 aliphatic heterocycles. The first-order valence-corrected chi connectivity index (χ1v) is 7.57. The minimum Gasteiger partial charge on any atom is -0.371 e. The first-order chi connectivity index (χ1) is 10.9. The van der Waals surface area contributed by atoms with Gasteiger partial charge < -0.3 is 10.1 Å². The summed E-state index contributed by atoms with van der Waals surface area (Å²) in [5, 5.41) is 11.0. The van der Waals surface area contributed by atoms with Crippen molar-refractivity contribution in [2.24, 2.45) is 0 Å². The lowest BCUT2D eigenvalue weighted by Gasteiger charge is -2.19. The molecule has 1 atom stereocenters. The molecule has 1 aromatic carbocycles. The van der Waals surface area contributed by atoms with Crippen LogP contribution in [0.5, 0.6) is 0 Å². The number of rotatable bonds is 4. The predicted molar refractivity (Wildman–Crippen MR) is 81.8 cm³/mol. The summed E-state index contributed by atoms with van der Waals surface area (Å²) in [5.74, 6) is -0.634. The minimum absolute atomic E-state index is 0.0288. The van der Waals surface area contributed by atoms with Crippen LogP contribution in [0.4, 0.5) is 4.39 Å². The van der Waals surface area contributed by atoms with Crippen molar-refractivity contribution in [3.8, 4) is 5.69 Å². The Hall–Kier alpha value is -2.28. The monoisotopic (exact) mass is 318 g/mol. The number of halogens is 1. The fourth-order valence-corrected chi connectivity index (χ4v) is 2.58. The van der Waals surface area contributed by atoms with E-state index in [1.165, 1.54) is 23.1 Å². The maximum Gasteiger partial charge on any atom is 0.273 e. The third-order valence-electron chi connectivity index (χ3n) is 3.83. The number of aromatic nitrogens is 3. The highest BCUT2D eigenvalue weighted by molar-refractivity contribution is 5.91. The Morgan fingerprint density at radius 1 is 1.43 bits per heavy atom. The quantitative estimate of drug-likeness (QED) is 0.937. The van der Waals surface area contributed by atoms with Gasteiger partial charge in [-0.15, -0.1) is 5.10 Å². The third kappa shape index (κ3) is 3.73. The van der Waals surface area contributed by atoms with Crippen LogP contribution in [0.3, 0.4) is 0 Å². The number of nitrogens with one attached hydrogen (secondary N) is 1. The van der Waals surface area contributed by atoms with E-state index < -0.39 is 0 Å². The fourth-order valence-electron chi connectivity index (χ4n) is 2.58. The van der Waals surface area contributed by atoms with Crippen molar-refractivity contribution >= 4 is 5.91 Å². The van der Waals surface area contributed by atoms with Crippen LogP contribution in [0.2, 0.25) is 0 Å². The van der Waals surface area contributed by atoms with Crippen molar-refractivity contribution in [1.82, 2.24) is 20.3 Å². The Morgan fingerprint density at radius 2 is 2.17 bits per heavy atom. The van der Waals surface area contributed by atoms with E-state index >= 15 is 0 Å². The second kappa shape index (κ2) is 6.08. The van der Waals surface area contributed by atoms with Crippen molar-refractivity contribution in [1.29, 1.82) is 0 Å². The van der Waals surface area contributed by atoms with Gasteiger partial charge in [0.25, 0.3) is 5.91 Å². The molecule has 2 aromatic rings. The first kappa shape index (κ1) is 15.6. The molecule has 1 aliphatic rings. The molecule has 1 saturated heterocycles. The van der Waals surface area contributed by atoms with E-state index in [0.717, 1.165) is 12.8 Å². The average Bonchev–Trinajstić information content (AvgIpc) is 3.12. The van der Waals surface area contributed by atoms with Crippen LogP contribution in [0.1, 0.15) is 37.2 Å². The van der Waals surface area contributed by atoms with E-state index in [1.54, 1.807) is 12.1 Å². The molecule has 0 spiro atoms. The zero-order chi connectivity index (χ0) is 16.4. The molecule has 0 saturated carbocycles. The summed E-state index contributed by atoms with van der Waals surface area (Å²) in [6.45, 7) is 4.54. The van der Waals surface area contributed by atoms with E-state index in [9.17, 15) is 9.18 Å². The van der Waals surface area contributed by atoms with Gasteiger partial charge in [0.2, 0.25) is 0 Å². The number of nitrogens with zero attached hydrogens (tertiary/aromatic N) is 3. The molecule has 0 radical (unpaired) electrons. The number of carbonyl (C=O) groups excluding carboxylic acids is 1. The molecule has 1 N–H and O–H groups in total. The van der Waals surface area contributed by atoms with Gasteiger partial charge in [-0.25, -0.2) is 4.39 Å². The normalized spacial score (nSPS) is 19.7. The highest BCUT2D eigenvalue weighted by Gasteiger charge is 2.31. The molecular formula is C16H19FN4O2. The maximum absolute atomic E-state index is 12.9. The smallest absolute Gasteiger partial charge is 0.273 e. The second-order valence-corrected chi connectivity index (χ2v) is 6.24. The highest BCUT2D eigenvalue weighted by atomic mass is 19.1. The molecular weight excluding hydrogens is 299 g/mol. The Balaban J connectivity index is 1.59. The summed E-state index contributed by atoms with van der Waals surface area (Å²) >= 11 is 0. The number of hydrogen-bond donors (Lipinski definition) is 1. The third-order valence-corrected chi connectivity index (χ3v) is 3.83. The topological polar surface area (TPSA) is 69.0 Å². The highest BCUT2D eigenvalue weighted by Crippen LogP contribution is 2.28. The molecule has 0 bridgehead atoms. The lowest BCUT2D eigenvalue weighted by atomic mass is 10.1. The summed E-state index contributed by atoms with van der Waals surface area (Å²) in [4.78, 5) is 13.4. The SMILES string of the molecule is CC1(C)CCC(CNC(=O)c2cnn(-c3ccc(F)cc3)n2)O1. The van der Waals surface area contributed by atoms with Gasteiger partial charge >= 0.3 is 0 Å². The second-order valence-electron chi connectivity index (χ2n) is 6.24. The Kier molecular flexibility index (Phi) is 4.12. The van der Waals surface area contributed by atoms with Crippen molar-refractivity contribution in [2.45, 2.75) is 38.4 Å². The Bertz CT molecular complexity index is 696. The number of hydrogen-bond acceptors (Lipinski definition) is 4. The van der Waals surface area contributed by atoms with Crippen molar-refractivity contribution < 1.29 is 13.9 Å². The van der Waals surface area contributed by atoms with Gasteiger partial charge in [-0.1, -0.05) is 0 Å². The minimum atomic E-state index is -0.335. The van der Waals surface area contributed by atoms with E-state index in [2.05, 4.69) is 15.5 Å². The molecule has 0 aliphatic carbocycles. The number of amides is 1.